The lowest BCUT2D eigenvalue weighted by atomic mass is 9.95. The number of aromatic nitrogens is 4. The first-order valence-electron chi connectivity index (χ1n) is 11.6. The van der Waals surface area contributed by atoms with E-state index in [0.717, 1.165) is 47.1 Å². The third-order valence-corrected chi connectivity index (χ3v) is 6.50. The summed E-state index contributed by atoms with van der Waals surface area (Å²) in [5.41, 5.74) is 3.73. The zero-order valence-corrected chi connectivity index (χ0v) is 18.8. The van der Waals surface area contributed by atoms with Gasteiger partial charge in [-0.05, 0) is 44.0 Å². The van der Waals surface area contributed by atoms with Crippen LogP contribution in [-0.2, 0) is 13.0 Å². The second-order valence-corrected chi connectivity index (χ2v) is 8.77. The van der Waals surface area contributed by atoms with Crippen molar-refractivity contribution in [3.05, 3.63) is 53.7 Å². The number of fused-ring (bicyclic) bond motifs is 1. The van der Waals surface area contributed by atoms with E-state index in [9.17, 15) is 9.90 Å². The fraction of sp³-hybridized carbons (Fsp3) is 0.417. The van der Waals surface area contributed by atoms with Crippen molar-refractivity contribution < 1.29 is 9.90 Å². The van der Waals surface area contributed by atoms with Gasteiger partial charge in [0.1, 0.15) is 11.6 Å². The number of hydrogen-bond acceptors (Lipinski definition) is 6. The van der Waals surface area contributed by atoms with E-state index in [4.69, 9.17) is 9.97 Å². The predicted octanol–water partition coefficient (Wildman–Crippen LogP) is 4.50. The number of nitrogens with one attached hydrogen (secondary N) is 2. The van der Waals surface area contributed by atoms with Crippen molar-refractivity contribution in [2.75, 3.05) is 17.2 Å². The smallest absolute Gasteiger partial charge is 0.407 e. The Kier molecular flexibility index (Phi) is 5.85. The van der Waals surface area contributed by atoms with Gasteiger partial charge in [0, 0.05) is 48.3 Å². The molecule has 3 N–H and O–H groups in total. The number of imidazole rings is 1. The van der Waals surface area contributed by atoms with Crippen molar-refractivity contribution in [1.29, 1.82) is 0 Å². The molecule has 2 aromatic heterocycles. The molecule has 0 saturated heterocycles. The molecule has 1 amide bonds. The number of amides is 1. The summed E-state index contributed by atoms with van der Waals surface area (Å²) in [4.78, 5) is 26.8. The van der Waals surface area contributed by atoms with Gasteiger partial charge in [0.25, 0.3) is 0 Å². The molecule has 0 unspecified atom stereocenters. The molecule has 3 aromatic rings. The Balaban J connectivity index is 1.41. The quantitative estimate of drug-likeness (QED) is 0.529. The van der Waals surface area contributed by atoms with Gasteiger partial charge in [-0.1, -0.05) is 19.3 Å². The minimum Gasteiger partial charge on any atom is -0.465 e. The molecule has 5 rings (SSSR count). The van der Waals surface area contributed by atoms with E-state index >= 15 is 0 Å². The summed E-state index contributed by atoms with van der Waals surface area (Å²) in [5, 5.41) is 16.4. The molecular weight excluding hydrogens is 418 g/mol. The van der Waals surface area contributed by atoms with Crippen LogP contribution in [0.5, 0.6) is 0 Å². The Hall–Kier alpha value is -3.62. The van der Waals surface area contributed by atoms with Crippen LogP contribution >= 0.6 is 0 Å². The van der Waals surface area contributed by atoms with Gasteiger partial charge in [0.15, 0.2) is 0 Å². The highest BCUT2D eigenvalue weighted by Gasteiger charge is 2.26. The molecule has 1 aliphatic carbocycles. The first-order chi connectivity index (χ1) is 16.1. The number of anilines is 3. The molecule has 0 bridgehead atoms. The highest BCUT2D eigenvalue weighted by molar-refractivity contribution is 5.67. The van der Waals surface area contributed by atoms with Crippen molar-refractivity contribution in [3.8, 4) is 5.69 Å². The largest absolute Gasteiger partial charge is 0.465 e. The van der Waals surface area contributed by atoms with Crippen molar-refractivity contribution in [2.45, 2.75) is 58.0 Å². The van der Waals surface area contributed by atoms with E-state index in [1.165, 1.54) is 24.2 Å². The summed E-state index contributed by atoms with van der Waals surface area (Å²) >= 11 is 0. The Morgan fingerprint density at radius 1 is 1.12 bits per heavy atom. The second kappa shape index (κ2) is 9.09. The zero-order valence-electron chi connectivity index (χ0n) is 18.8. The average Bonchev–Trinajstić information content (AvgIpc) is 3.26. The van der Waals surface area contributed by atoms with Crippen molar-refractivity contribution in [2.24, 2.45) is 0 Å². The first-order valence-corrected chi connectivity index (χ1v) is 11.6. The summed E-state index contributed by atoms with van der Waals surface area (Å²) in [5.74, 6) is 2.22. The van der Waals surface area contributed by atoms with Crippen LogP contribution in [0.25, 0.3) is 5.69 Å². The highest BCUT2D eigenvalue weighted by atomic mass is 16.4. The van der Waals surface area contributed by atoms with Crippen LogP contribution in [-0.4, -0.2) is 48.2 Å². The summed E-state index contributed by atoms with van der Waals surface area (Å²) in [6.45, 7) is 2.74. The highest BCUT2D eigenvalue weighted by Crippen LogP contribution is 2.29. The normalized spacial score (nSPS) is 16.3. The maximum Gasteiger partial charge on any atom is 0.407 e. The minimum atomic E-state index is -0.903. The molecule has 1 fully saturated rings. The molecule has 172 valence electrons. The number of nitrogens with zero attached hydrogens (tertiary/aromatic N) is 5. The van der Waals surface area contributed by atoms with Crippen LogP contribution < -0.4 is 10.6 Å². The van der Waals surface area contributed by atoms with Crippen LogP contribution in [0, 0.1) is 6.92 Å². The number of carbonyl (C=O) groups is 1. The van der Waals surface area contributed by atoms with E-state index in [1.54, 1.807) is 6.20 Å². The van der Waals surface area contributed by atoms with E-state index in [1.807, 2.05) is 42.0 Å². The van der Waals surface area contributed by atoms with Gasteiger partial charge in [-0.15, -0.1) is 0 Å². The van der Waals surface area contributed by atoms with E-state index in [-0.39, 0.29) is 0 Å². The van der Waals surface area contributed by atoms with Gasteiger partial charge in [-0.3, -0.25) is 0 Å². The monoisotopic (exact) mass is 447 g/mol. The molecule has 0 atom stereocenters. The van der Waals surface area contributed by atoms with Crippen molar-refractivity contribution in [1.82, 2.24) is 24.4 Å². The standard InChI is InChI=1S/C24H29N7O2/c1-16-25-12-14-31(16)19-9-7-18(8-10-19)27-23-28-21-11-13-30(24(32)33)15-20(21)22(29-23)26-17-5-3-2-4-6-17/h7-10,12,14,17H,2-6,11,13,15H2,1H3,(H,32,33)(H2,26,27,28,29). The number of benzene rings is 1. The fourth-order valence-corrected chi connectivity index (χ4v) is 4.68. The van der Waals surface area contributed by atoms with Crippen LogP contribution in [0.3, 0.4) is 0 Å². The average molecular weight is 448 g/mol. The number of hydrogen-bond donors (Lipinski definition) is 3. The Labute approximate surface area is 192 Å². The molecule has 1 aliphatic heterocycles. The van der Waals surface area contributed by atoms with Crippen LogP contribution in [0.2, 0.25) is 0 Å². The van der Waals surface area contributed by atoms with Crippen LogP contribution in [0.15, 0.2) is 36.7 Å². The molecule has 0 spiro atoms. The zero-order chi connectivity index (χ0) is 22.8. The van der Waals surface area contributed by atoms with Crippen molar-refractivity contribution >= 4 is 23.5 Å². The predicted molar refractivity (Wildman–Crippen MR) is 126 cm³/mol. The van der Waals surface area contributed by atoms with E-state index < -0.39 is 6.09 Å². The molecule has 33 heavy (non-hydrogen) atoms. The summed E-state index contributed by atoms with van der Waals surface area (Å²) in [6, 6.07) is 8.42. The molecular formula is C24H29N7O2. The summed E-state index contributed by atoms with van der Waals surface area (Å²) in [7, 11) is 0. The molecule has 0 radical (unpaired) electrons. The lowest BCUT2D eigenvalue weighted by Gasteiger charge is -2.30. The summed E-state index contributed by atoms with van der Waals surface area (Å²) < 4.78 is 2.03. The molecule has 1 aromatic carbocycles. The maximum atomic E-state index is 11.6. The minimum absolute atomic E-state index is 0.318. The van der Waals surface area contributed by atoms with Gasteiger partial charge >= 0.3 is 6.09 Å². The van der Waals surface area contributed by atoms with E-state index in [2.05, 4.69) is 15.6 Å². The first kappa shape index (κ1) is 21.2. The number of carboxylic acid groups (broad SMARTS) is 1. The molecule has 1 saturated carbocycles. The summed E-state index contributed by atoms with van der Waals surface area (Å²) in [6.07, 6.45) is 9.31. The van der Waals surface area contributed by atoms with Gasteiger partial charge in [0.2, 0.25) is 5.95 Å². The molecule has 9 heteroatoms. The fourth-order valence-electron chi connectivity index (χ4n) is 4.68. The topological polar surface area (TPSA) is 108 Å². The van der Waals surface area contributed by atoms with Crippen molar-refractivity contribution in [3.63, 3.8) is 0 Å². The number of rotatable bonds is 5. The Morgan fingerprint density at radius 3 is 2.61 bits per heavy atom. The maximum absolute atomic E-state index is 11.6. The van der Waals surface area contributed by atoms with Crippen LogP contribution in [0.1, 0.15) is 49.2 Å². The lowest BCUT2D eigenvalue weighted by molar-refractivity contribution is 0.139. The van der Waals surface area contributed by atoms with Gasteiger partial charge in [-0.2, -0.15) is 4.98 Å². The SMILES string of the molecule is Cc1nccn1-c1ccc(Nc2nc3c(c(NC4CCCCC4)n2)CN(C(=O)O)CC3)cc1. The third kappa shape index (κ3) is 4.62. The second-order valence-electron chi connectivity index (χ2n) is 8.77. The number of aryl methyl sites for hydroxylation is 1. The van der Waals surface area contributed by atoms with Gasteiger partial charge in [-0.25, -0.2) is 14.8 Å². The Morgan fingerprint density at radius 2 is 1.91 bits per heavy atom. The third-order valence-electron chi connectivity index (χ3n) is 6.50. The van der Waals surface area contributed by atoms with Gasteiger partial charge < -0.3 is 25.2 Å². The molecule has 2 aliphatic rings. The van der Waals surface area contributed by atoms with Gasteiger partial charge in [0.05, 0.1) is 12.2 Å². The Bertz CT molecular complexity index is 1140. The molecule has 9 nitrogen and oxygen atoms in total. The van der Waals surface area contributed by atoms with Crippen LogP contribution in [0.4, 0.5) is 22.2 Å². The molecule has 3 heterocycles. The lowest BCUT2D eigenvalue weighted by Crippen LogP contribution is -2.36. The van der Waals surface area contributed by atoms with E-state index in [0.29, 0.717) is 31.5 Å².